The number of rotatable bonds is 2. The van der Waals surface area contributed by atoms with Crippen LogP contribution in [0.4, 0.5) is 0 Å². The van der Waals surface area contributed by atoms with Crippen LogP contribution in [0.5, 0.6) is 0 Å². The lowest BCUT2D eigenvalue weighted by molar-refractivity contribution is -0.155. The van der Waals surface area contributed by atoms with E-state index in [2.05, 4.69) is 16.9 Å². The fourth-order valence-corrected chi connectivity index (χ4v) is 3.03. The Morgan fingerprint density at radius 1 is 1.41 bits per heavy atom. The Morgan fingerprint density at radius 3 is 2.76 bits per heavy atom. The lowest BCUT2D eigenvalue weighted by Crippen LogP contribution is -2.72. The first-order chi connectivity index (χ1) is 8.17. The van der Waals surface area contributed by atoms with Crippen LogP contribution in [0.1, 0.15) is 5.56 Å². The topological polar surface area (TPSA) is 36.4 Å². The average Bonchev–Trinajstić information content (AvgIpc) is 2.22. The summed E-state index contributed by atoms with van der Waals surface area (Å²) in [6, 6.07) is 3.83. The monoisotopic (exact) mass is 231 g/mol. The number of nitrogens with zero attached hydrogens (tertiary/aromatic N) is 3. The summed E-state index contributed by atoms with van der Waals surface area (Å²) < 4.78 is 0. The van der Waals surface area contributed by atoms with Crippen molar-refractivity contribution in [2.45, 2.75) is 6.42 Å². The molecule has 2 aliphatic rings. The molecule has 3 heterocycles. The minimum Gasteiger partial charge on any atom is -0.341 e. The van der Waals surface area contributed by atoms with E-state index in [4.69, 9.17) is 0 Å². The number of hydrogen-bond acceptors (Lipinski definition) is 3. The molecule has 2 saturated heterocycles. The van der Waals surface area contributed by atoms with Crippen molar-refractivity contribution in [2.24, 2.45) is 5.41 Å². The van der Waals surface area contributed by atoms with E-state index < -0.39 is 0 Å². The maximum Gasteiger partial charge on any atom is 0.227 e. The van der Waals surface area contributed by atoms with Crippen LogP contribution in [0.25, 0.3) is 0 Å². The predicted octanol–water partition coefficient (Wildman–Crippen LogP) is 0.398. The van der Waals surface area contributed by atoms with Crippen molar-refractivity contribution in [3.05, 3.63) is 30.1 Å². The molecule has 4 heteroatoms. The summed E-state index contributed by atoms with van der Waals surface area (Å²) in [5.74, 6) is 0.234. The van der Waals surface area contributed by atoms with Crippen molar-refractivity contribution in [3.8, 4) is 0 Å². The second-order valence-corrected chi connectivity index (χ2v) is 5.46. The Balaban J connectivity index is 1.52. The molecule has 1 amide bonds. The van der Waals surface area contributed by atoms with Crippen molar-refractivity contribution in [2.75, 3.05) is 33.2 Å². The van der Waals surface area contributed by atoms with Crippen molar-refractivity contribution in [1.29, 1.82) is 0 Å². The maximum atomic E-state index is 12.0. The Hall–Kier alpha value is -1.42. The molecule has 2 fully saturated rings. The number of likely N-dealkylation sites (tertiary alicyclic amines) is 2. The van der Waals surface area contributed by atoms with Gasteiger partial charge in [-0.3, -0.25) is 9.78 Å². The summed E-state index contributed by atoms with van der Waals surface area (Å²) in [5, 5.41) is 0. The van der Waals surface area contributed by atoms with Crippen molar-refractivity contribution >= 4 is 5.91 Å². The first-order valence-electron chi connectivity index (χ1n) is 6.02. The Bertz CT molecular complexity index is 418. The fraction of sp³-hybridized carbons (Fsp3) is 0.538. The van der Waals surface area contributed by atoms with Gasteiger partial charge in [0.15, 0.2) is 0 Å². The van der Waals surface area contributed by atoms with E-state index in [0.717, 1.165) is 31.7 Å². The molecule has 0 atom stereocenters. The van der Waals surface area contributed by atoms with Gasteiger partial charge in [-0.15, -0.1) is 0 Å². The third-order valence-corrected chi connectivity index (χ3v) is 3.69. The minimum absolute atomic E-state index is 0.234. The van der Waals surface area contributed by atoms with Gasteiger partial charge in [-0.2, -0.15) is 0 Å². The van der Waals surface area contributed by atoms with Crippen LogP contribution in [0.3, 0.4) is 0 Å². The summed E-state index contributed by atoms with van der Waals surface area (Å²) in [5.41, 5.74) is 1.43. The van der Waals surface area contributed by atoms with Crippen LogP contribution in [0, 0.1) is 5.41 Å². The van der Waals surface area contributed by atoms with Crippen molar-refractivity contribution in [1.82, 2.24) is 14.8 Å². The normalized spacial score (nSPS) is 22.1. The molecule has 0 aromatic carbocycles. The first kappa shape index (κ1) is 10.7. The molecule has 4 nitrogen and oxygen atoms in total. The zero-order valence-electron chi connectivity index (χ0n) is 10.1. The highest BCUT2D eigenvalue weighted by Gasteiger charge is 2.51. The largest absolute Gasteiger partial charge is 0.341 e. The molecule has 1 aromatic heterocycles. The fourth-order valence-electron chi connectivity index (χ4n) is 3.03. The van der Waals surface area contributed by atoms with Crippen LogP contribution < -0.4 is 0 Å². The Kier molecular flexibility index (Phi) is 2.40. The van der Waals surface area contributed by atoms with Crippen LogP contribution in [0.15, 0.2) is 24.5 Å². The first-order valence-corrected chi connectivity index (χ1v) is 6.02. The summed E-state index contributed by atoms with van der Waals surface area (Å²) >= 11 is 0. The lowest BCUT2D eigenvalue weighted by atomic mass is 9.73. The lowest BCUT2D eigenvalue weighted by Gasteiger charge is -2.59. The van der Waals surface area contributed by atoms with Gasteiger partial charge in [0.2, 0.25) is 5.91 Å². The number of hydrogen-bond donors (Lipinski definition) is 0. The van der Waals surface area contributed by atoms with Crippen LogP contribution >= 0.6 is 0 Å². The van der Waals surface area contributed by atoms with Gasteiger partial charge in [-0.05, 0) is 18.7 Å². The molecule has 1 aromatic rings. The molecule has 0 radical (unpaired) electrons. The van der Waals surface area contributed by atoms with Gasteiger partial charge >= 0.3 is 0 Å². The van der Waals surface area contributed by atoms with Gasteiger partial charge in [0.25, 0.3) is 0 Å². The highest BCUT2D eigenvalue weighted by atomic mass is 16.2. The highest BCUT2D eigenvalue weighted by Crippen LogP contribution is 2.38. The number of amides is 1. The molecule has 17 heavy (non-hydrogen) atoms. The molecular formula is C13H17N3O. The number of carbonyl (C=O) groups excluding carboxylic acids is 1. The third-order valence-electron chi connectivity index (χ3n) is 3.69. The second kappa shape index (κ2) is 3.81. The molecular weight excluding hydrogens is 214 g/mol. The molecule has 3 rings (SSSR count). The van der Waals surface area contributed by atoms with Gasteiger partial charge in [0.1, 0.15) is 0 Å². The standard InChI is InChI=1S/C13H17N3O/c1-15-7-13(8-15)9-16(10-13)12(17)5-11-3-2-4-14-6-11/h2-4,6H,5,7-10H2,1H3. The zero-order valence-corrected chi connectivity index (χ0v) is 10.1. The maximum absolute atomic E-state index is 12.0. The smallest absolute Gasteiger partial charge is 0.227 e. The molecule has 0 aliphatic carbocycles. The average molecular weight is 231 g/mol. The van der Waals surface area contributed by atoms with Crippen molar-refractivity contribution in [3.63, 3.8) is 0 Å². The highest BCUT2D eigenvalue weighted by molar-refractivity contribution is 5.79. The van der Waals surface area contributed by atoms with Gasteiger partial charge in [-0.1, -0.05) is 6.07 Å². The van der Waals surface area contributed by atoms with Gasteiger partial charge in [0, 0.05) is 44.0 Å². The summed E-state index contributed by atoms with van der Waals surface area (Å²) in [6.45, 7) is 4.17. The summed E-state index contributed by atoms with van der Waals surface area (Å²) in [4.78, 5) is 20.3. The molecule has 0 unspecified atom stereocenters. The number of aromatic nitrogens is 1. The van der Waals surface area contributed by atoms with E-state index in [1.807, 2.05) is 17.0 Å². The quantitative estimate of drug-likeness (QED) is 0.739. The molecule has 0 N–H and O–H groups in total. The minimum atomic E-state index is 0.234. The zero-order chi connectivity index (χ0) is 11.9. The number of pyridine rings is 1. The molecule has 0 saturated carbocycles. The molecule has 0 bridgehead atoms. The van der Waals surface area contributed by atoms with Crippen LogP contribution in [0.2, 0.25) is 0 Å². The number of carbonyl (C=O) groups is 1. The van der Waals surface area contributed by atoms with E-state index in [1.54, 1.807) is 12.4 Å². The Morgan fingerprint density at radius 2 is 2.18 bits per heavy atom. The Labute approximate surface area is 101 Å². The van der Waals surface area contributed by atoms with Gasteiger partial charge in [0.05, 0.1) is 6.42 Å². The van der Waals surface area contributed by atoms with Crippen LogP contribution in [-0.2, 0) is 11.2 Å². The van der Waals surface area contributed by atoms with Crippen LogP contribution in [-0.4, -0.2) is 53.9 Å². The molecule has 1 spiro atoms. The van der Waals surface area contributed by atoms with Gasteiger partial charge < -0.3 is 9.80 Å². The van der Waals surface area contributed by atoms with E-state index >= 15 is 0 Å². The second-order valence-electron chi connectivity index (χ2n) is 5.46. The molecule has 2 aliphatic heterocycles. The van der Waals surface area contributed by atoms with Crippen molar-refractivity contribution < 1.29 is 4.79 Å². The SMILES string of the molecule is CN1CC2(C1)CN(C(=O)Cc1cccnc1)C2. The molecule has 90 valence electrons. The summed E-state index contributed by atoms with van der Waals surface area (Å²) in [7, 11) is 2.13. The third kappa shape index (κ3) is 1.93. The van der Waals surface area contributed by atoms with E-state index in [9.17, 15) is 4.79 Å². The predicted molar refractivity (Wildman–Crippen MR) is 64.5 cm³/mol. The van der Waals surface area contributed by atoms with E-state index in [-0.39, 0.29) is 5.91 Å². The summed E-state index contributed by atoms with van der Waals surface area (Å²) in [6.07, 6.45) is 3.99. The van der Waals surface area contributed by atoms with E-state index in [1.165, 1.54) is 0 Å². The van der Waals surface area contributed by atoms with E-state index in [0.29, 0.717) is 11.8 Å². The van der Waals surface area contributed by atoms with Gasteiger partial charge in [-0.25, -0.2) is 0 Å².